The fraction of sp³-hybridized carbons (Fsp3) is 0.273. The summed E-state index contributed by atoms with van der Waals surface area (Å²) in [4.78, 5) is 14.6. The van der Waals surface area contributed by atoms with Crippen LogP contribution in [-0.4, -0.2) is 30.2 Å². The number of carbonyl (C=O) groups is 1. The molecule has 2 N–H and O–H groups in total. The van der Waals surface area contributed by atoms with Gasteiger partial charge in [-0.1, -0.05) is 17.3 Å². The number of rotatable bonds is 6. The lowest BCUT2D eigenvalue weighted by atomic mass is 10.0. The van der Waals surface area contributed by atoms with Crippen molar-refractivity contribution in [1.29, 1.82) is 0 Å². The minimum absolute atomic E-state index is 0.0387. The number of nitrogens with one attached hydrogen (secondary N) is 2. The Labute approximate surface area is 168 Å². The van der Waals surface area contributed by atoms with E-state index >= 15 is 0 Å². The molecule has 0 radical (unpaired) electrons. The normalized spacial score (nSPS) is 14.7. The predicted octanol–water partition coefficient (Wildman–Crippen LogP) is 3.82. The molecule has 3 aromatic rings. The van der Waals surface area contributed by atoms with Crippen molar-refractivity contribution in [1.82, 2.24) is 10.5 Å². The first-order valence-electron chi connectivity index (χ1n) is 9.72. The molecular weight excluding hydrogens is 371 g/mol. The van der Waals surface area contributed by atoms with Crippen LogP contribution >= 0.6 is 0 Å². The lowest BCUT2D eigenvalue weighted by Gasteiger charge is -2.34. The molecule has 150 valence electrons. The van der Waals surface area contributed by atoms with Gasteiger partial charge in [0.05, 0.1) is 11.3 Å². The summed E-state index contributed by atoms with van der Waals surface area (Å²) in [5.41, 5.74) is 2.72. The molecule has 0 aliphatic carbocycles. The number of hydrogen-bond acceptors (Lipinski definition) is 5. The second-order valence-electron chi connectivity index (χ2n) is 7.11. The van der Waals surface area contributed by atoms with Crippen molar-refractivity contribution in [2.75, 3.05) is 23.3 Å². The average Bonchev–Trinajstić information content (AvgIpc) is 3.27. The lowest BCUT2D eigenvalue weighted by molar-refractivity contribution is 0.102. The first kappa shape index (κ1) is 19.1. The Morgan fingerprint density at radius 2 is 1.86 bits per heavy atom. The Morgan fingerprint density at radius 1 is 1.10 bits per heavy atom. The molecule has 1 amide bonds. The molecule has 4 rings (SSSR count). The van der Waals surface area contributed by atoms with Gasteiger partial charge < -0.3 is 20.1 Å². The van der Waals surface area contributed by atoms with Gasteiger partial charge in [0.1, 0.15) is 12.1 Å². The highest BCUT2D eigenvalue weighted by atomic mass is 19.1. The summed E-state index contributed by atoms with van der Waals surface area (Å²) in [5.74, 6) is -0.975. The molecule has 0 unspecified atom stereocenters. The number of piperidine rings is 1. The van der Waals surface area contributed by atoms with Crippen LogP contribution < -0.4 is 15.5 Å². The van der Waals surface area contributed by atoms with E-state index in [2.05, 4.69) is 20.7 Å². The molecule has 1 aliphatic rings. The number of anilines is 2. The van der Waals surface area contributed by atoms with Crippen molar-refractivity contribution in [3.63, 3.8) is 0 Å². The molecular formula is C22H23FN4O2. The Morgan fingerprint density at radius 3 is 2.55 bits per heavy atom. The van der Waals surface area contributed by atoms with Gasteiger partial charge in [-0.25, -0.2) is 4.39 Å². The van der Waals surface area contributed by atoms with Gasteiger partial charge in [0.2, 0.25) is 0 Å². The maximum Gasteiger partial charge on any atom is 0.258 e. The highest BCUT2D eigenvalue weighted by molar-refractivity contribution is 6.04. The fourth-order valence-electron chi connectivity index (χ4n) is 3.52. The summed E-state index contributed by atoms with van der Waals surface area (Å²) in [6.07, 6.45) is 3.68. The SMILES string of the molecule is O=C(Nc1ccc(N2CCC(NCc3ccon3)CC2)cc1)c1ccccc1F. The van der Waals surface area contributed by atoms with Gasteiger partial charge in [0.15, 0.2) is 0 Å². The van der Waals surface area contributed by atoms with E-state index in [0.717, 1.165) is 43.9 Å². The minimum Gasteiger partial charge on any atom is -0.371 e. The zero-order valence-corrected chi connectivity index (χ0v) is 16.0. The fourth-order valence-corrected chi connectivity index (χ4v) is 3.52. The highest BCUT2D eigenvalue weighted by Crippen LogP contribution is 2.23. The van der Waals surface area contributed by atoms with Gasteiger partial charge in [-0.3, -0.25) is 4.79 Å². The summed E-state index contributed by atoms with van der Waals surface area (Å²) in [6, 6.07) is 16.0. The van der Waals surface area contributed by atoms with Crippen LogP contribution in [0.2, 0.25) is 0 Å². The molecule has 7 heteroatoms. The zero-order chi connectivity index (χ0) is 20.1. The Bertz CT molecular complexity index is 936. The zero-order valence-electron chi connectivity index (χ0n) is 16.0. The molecule has 29 heavy (non-hydrogen) atoms. The summed E-state index contributed by atoms with van der Waals surface area (Å²) >= 11 is 0. The minimum atomic E-state index is -0.526. The van der Waals surface area contributed by atoms with Crippen molar-refractivity contribution in [3.8, 4) is 0 Å². The van der Waals surface area contributed by atoms with E-state index in [-0.39, 0.29) is 5.56 Å². The first-order valence-corrected chi connectivity index (χ1v) is 9.72. The van der Waals surface area contributed by atoms with Crippen LogP contribution in [0.25, 0.3) is 0 Å². The summed E-state index contributed by atoms with van der Waals surface area (Å²) in [5, 5.41) is 10.2. The van der Waals surface area contributed by atoms with E-state index in [4.69, 9.17) is 4.52 Å². The number of hydrogen-bond donors (Lipinski definition) is 2. The smallest absolute Gasteiger partial charge is 0.258 e. The molecule has 0 bridgehead atoms. The summed E-state index contributed by atoms with van der Waals surface area (Å²) in [6.45, 7) is 2.63. The number of carbonyl (C=O) groups excluding carboxylic acids is 1. The van der Waals surface area contributed by atoms with E-state index in [1.54, 1.807) is 18.4 Å². The average molecular weight is 394 g/mol. The monoisotopic (exact) mass is 394 g/mol. The van der Waals surface area contributed by atoms with Crippen molar-refractivity contribution >= 4 is 17.3 Å². The number of aromatic nitrogens is 1. The largest absolute Gasteiger partial charge is 0.371 e. The third-order valence-electron chi connectivity index (χ3n) is 5.17. The second kappa shape index (κ2) is 8.87. The van der Waals surface area contributed by atoms with Crippen LogP contribution in [0.3, 0.4) is 0 Å². The van der Waals surface area contributed by atoms with E-state index in [1.165, 1.54) is 12.1 Å². The summed E-state index contributed by atoms with van der Waals surface area (Å²) in [7, 11) is 0. The van der Waals surface area contributed by atoms with Crippen LogP contribution in [0, 0.1) is 5.82 Å². The quantitative estimate of drug-likeness (QED) is 0.665. The van der Waals surface area contributed by atoms with Crippen LogP contribution in [0.1, 0.15) is 28.9 Å². The van der Waals surface area contributed by atoms with Gasteiger partial charge in [0, 0.05) is 43.1 Å². The van der Waals surface area contributed by atoms with Gasteiger partial charge >= 0.3 is 0 Å². The maximum atomic E-state index is 13.7. The van der Waals surface area contributed by atoms with E-state index in [1.807, 2.05) is 30.3 Å². The molecule has 2 heterocycles. The molecule has 2 aromatic carbocycles. The predicted molar refractivity (Wildman–Crippen MR) is 109 cm³/mol. The highest BCUT2D eigenvalue weighted by Gasteiger charge is 2.19. The van der Waals surface area contributed by atoms with E-state index < -0.39 is 11.7 Å². The molecule has 6 nitrogen and oxygen atoms in total. The first-order chi connectivity index (χ1) is 14.2. The van der Waals surface area contributed by atoms with Crippen molar-refractivity contribution in [3.05, 3.63) is 77.9 Å². The second-order valence-corrected chi connectivity index (χ2v) is 7.11. The van der Waals surface area contributed by atoms with Gasteiger partial charge in [-0.2, -0.15) is 0 Å². The van der Waals surface area contributed by atoms with Crippen LogP contribution in [0.5, 0.6) is 0 Å². The molecule has 0 atom stereocenters. The number of nitrogens with zero attached hydrogens (tertiary/aromatic N) is 2. The standard InChI is InChI=1S/C22H23FN4O2/c23-21-4-2-1-3-20(21)22(28)25-17-5-7-19(8-6-17)27-12-9-16(10-13-27)24-15-18-11-14-29-26-18/h1-8,11,14,16,24H,9-10,12-13,15H2,(H,25,28). The lowest BCUT2D eigenvalue weighted by Crippen LogP contribution is -2.42. The Balaban J connectivity index is 1.28. The molecule has 1 fully saturated rings. The number of halogens is 1. The molecule has 1 saturated heterocycles. The summed E-state index contributed by atoms with van der Waals surface area (Å²) < 4.78 is 18.6. The molecule has 0 saturated carbocycles. The van der Waals surface area contributed by atoms with E-state index in [9.17, 15) is 9.18 Å². The van der Waals surface area contributed by atoms with Gasteiger partial charge in [0.25, 0.3) is 5.91 Å². The van der Waals surface area contributed by atoms with Crippen molar-refractivity contribution in [2.45, 2.75) is 25.4 Å². The molecule has 1 aliphatic heterocycles. The molecule has 1 aromatic heterocycles. The number of benzene rings is 2. The maximum absolute atomic E-state index is 13.7. The Hall–Kier alpha value is -3.19. The number of amides is 1. The van der Waals surface area contributed by atoms with Crippen molar-refractivity contribution in [2.24, 2.45) is 0 Å². The molecule has 0 spiro atoms. The third kappa shape index (κ3) is 4.81. The Kier molecular flexibility index (Phi) is 5.86. The topological polar surface area (TPSA) is 70.4 Å². The van der Waals surface area contributed by atoms with Gasteiger partial charge in [-0.05, 0) is 49.2 Å². The van der Waals surface area contributed by atoms with Gasteiger partial charge in [-0.15, -0.1) is 0 Å². The van der Waals surface area contributed by atoms with Crippen LogP contribution in [-0.2, 0) is 6.54 Å². The van der Waals surface area contributed by atoms with E-state index in [0.29, 0.717) is 11.7 Å². The van der Waals surface area contributed by atoms with Crippen LogP contribution in [0.15, 0.2) is 65.4 Å². The van der Waals surface area contributed by atoms with Crippen LogP contribution in [0.4, 0.5) is 15.8 Å². The third-order valence-corrected chi connectivity index (χ3v) is 5.17. The van der Waals surface area contributed by atoms with Crippen molar-refractivity contribution < 1.29 is 13.7 Å².